The highest BCUT2D eigenvalue weighted by molar-refractivity contribution is 7.80. The van der Waals surface area contributed by atoms with E-state index in [-0.39, 0.29) is 12.9 Å². The van der Waals surface area contributed by atoms with Crippen molar-refractivity contribution in [3.05, 3.63) is 42.5 Å². The lowest BCUT2D eigenvalue weighted by atomic mass is 9.76. The molecule has 0 amide bonds. The SMILES string of the molecule is COc1ccc(NC(=S)O[C@H]2CCN(CCCOc3ccc4c(c3)OCO4)C3CCCC[C@H]32)cc1. The number of hydrogen-bond acceptors (Lipinski definition) is 7. The number of anilines is 1. The molecule has 2 heterocycles. The predicted molar refractivity (Wildman–Crippen MR) is 139 cm³/mol. The van der Waals surface area contributed by atoms with Gasteiger partial charge in [0.1, 0.15) is 17.6 Å². The van der Waals surface area contributed by atoms with Crippen LogP contribution < -0.4 is 24.3 Å². The summed E-state index contributed by atoms with van der Waals surface area (Å²) in [4.78, 5) is 2.65. The molecule has 2 aromatic rings. The molecule has 1 aliphatic carbocycles. The van der Waals surface area contributed by atoms with E-state index >= 15 is 0 Å². The molecule has 8 heteroatoms. The highest BCUT2D eigenvalue weighted by atomic mass is 32.1. The minimum absolute atomic E-state index is 0.166. The van der Waals surface area contributed by atoms with Gasteiger partial charge in [-0.15, -0.1) is 0 Å². The standard InChI is InChI=1S/C27H34N2O5S/c1-30-20-9-7-19(8-10-20)28-27(35)34-24-13-15-29(23-6-3-2-5-22(23)24)14-4-16-31-21-11-12-25-26(17-21)33-18-32-25/h7-12,17,22-24H,2-6,13-16,18H2,1H3,(H,28,35)/t22-,23?,24+/m1/s1. The molecule has 3 aliphatic rings. The Morgan fingerprint density at radius 3 is 2.69 bits per heavy atom. The molecule has 1 saturated heterocycles. The van der Waals surface area contributed by atoms with Crippen LogP contribution in [0.15, 0.2) is 42.5 Å². The molecule has 0 spiro atoms. The Labute approximate surface area is 212 Å². The molecule has 1 N–H and O–H groups in total. The molecule has 188 valence electrons. The molecule has 0 radical (unpaired) electrons. The van der Waals surface area contributed by atoms with Crippen molar-refractivity contribution < 1.29 is 23.7 Å². The van der Waals surface area contributed by atoms with Gasteiger partial charge in [0.15, 0.2) is 11.5 Å². The van der Waals surface area contributed by atoms with Crippen LogP contribution in [0.25, 0.3) is 0 Å². The molecule has 2 aliphatic heterocycles. The highest BCUT2D eigenvalue weighted by Crippen LogP contribution is 2.38. The Balaban J connectivity index is 1.10. The molecular weight excluding hydrogens is 464 g/mol. The van der Waals surface area contributed by atoms with Crippen molar-refractivity contribution in [2.75, 3.05) is 38.9 Å². The largest absolute Gasteiger partial charge is 0.497 e. The number of ether oxygens (including phenoxy) is 5. The zero-order chi connectivity index (χ0) is 24.0. The zero-order valence-corrected chi connectivity index (χ0v) is 21.1. The van der Waals surface area contributed by atoms with E-state index in [9.17, 15) is 0 Å². The fourth-order valence-electron chi connectivity index (χ4n) is 5.51. The Morgan fingerprint density at radius 2 is 1.83 bits per heavy atom. The van der Waals surface area contributed by atoms with Crippen molar-refractivity contribution in [2.45, 2.75) is 50.7 Å². The average molecular weight is 499 g/mol. The summed E-state index contributed by atoms with van der Waals surface area (Å²) >= 11 is 5.55. The number of benzene rings is 2. The van der Waals surface area contributed by atoms with E-state index in [0.29, 0.717) is 23.7 Å². The van der Waals surface area contributed by atoms with Gasteiger partial charge in [0.05, 0.1) is 13.7 Å². The number of rotatable bonds is 8. The fourth-order valence-corrected chi connectivity index (χ4v) is 5.75. The average Bonchev–Trinajstić information content (AvgIpc) is 3.36. The lowest BCUT2D eigenvalue weighted by Gasteiger charge is -2.47. The van der Waals surface area contributed by atoms with Gasteiger partial charge in [-0.25, -0.2) is 0 Å². The molecule has 1 saturated carbocycles. The first-order chi connectivity index (χ1) is 17.2. The van der Waals surface area contributed by atoms with Crippen LogP contribution in [0.3, 0.4) is 0 Å². The van der Waals surface area contributed by atoms with Gasteiger partial charge in [0.25, 0.3) is 5.17 Å². The van der Waals surface area contributed by atoms with Crippen LogP contribution in [0.2, 0.25) is 0 Å². The molecule has 2 aromatic carbocycles. The van der Waals surface area contributed by atoms with E-state index in [1.165, 1.54) is 25.7 Å². The quantitative estimate of drug-likeness (QED) is 0.392. The Morgan fingerprint density at radius 1 is 1.03 bits per heavy atom. The number of thiocarbonyl (C=S) groups is 1. The minimum atomic E-state index is 0.166. The number of methoxy groups -OCH3 is 1. The van der Waals surface area contributed by atoms with E-state index in [2.05, 4.69) is 10.2 Å². The first-order valence-electron chi connectivity index (χ1n) is 12.6. The second-order valence-corrected chi connectivity index (χ2v) is 9.73. The normalized spacial score (nSPS) is 23.3. The van der Waals surface area contributed by atoms with Crippen LogP contribution >= 0.6 is 12.2 Å². The van der Waals surface area contributed by atoms with Crippen LogP contribution in [0.1, 0.15) is 38.5 Å². The van der Waals surface area contributed by atoms with Gasteiger partial charge in [-0.05, 0) is 74.3 Å². The van der Waals surface area contributed by atoms with E-state index < -0.39 is 0 Å². The first kappa shape index (κ1) is 24.0. The zero-order valence-electron chi connectivity index (χ0n) is 20.2. The summed E-state index contributed by atoms with van der Waals surface area (Å²) in [6.45, 7) is 3.03. The highest BCUT2D eigenvalue weighted by Gasteiger charge is 2.40. The fraction of sp³-hybridized carbons (Fsp3) is 0.519. The number of piperidine rings is 1. The second kappa shape index (κ2) is 11.4. The lowest BCUT2D eigenvalue weighted by Crippen LogP contribution is -2.54. The number of nitrogens with one attached hydrogen (secondary N) is 1. The number of nitrogens with zero attached hydrogens (tertiary/aromatic N) is 1. The summed E-state index contributed by atoms with van der Waals surface area (Å²) in [5.41, 5.74) is 0.913. The van der Waals surface area contributed by atoms with Gasteiger partial charge in [0.2, 0.25) is 6.79 Å². The third-order valence-corrected chi connectivity index (χ3v) is 7.42. The first-order valence-corrected chi connectivity index (χ1v) is 13.0. The summed E-state index contributed by atoms with van der Waals surface area (Å²) in [6.07, 6.45) is 7.12. The Bertz CT molecular complexity index is 1000. The Hall–Kier alpha value is -2.71. The molecule has 5 rings (SSSR count). The topological polar surface area (TPSA) is 61.4 Å². The molecule has 7 nitrogen and oxygen atoms in total. The molecule has 0 aromatic heterocycles. The number of likely N-dealkylation sites (tertiary alicyclic amines) is 1. The number of fused-ring (bicyclic) bond motifs is 2. The van der Waals surface area contributed by atoms with Gasteiger partial charge in [-0.1, -0.05) is 12.8 Å². The number of hydrogen-bond donors (Lipinski definition) is 1. The van der Waals surface area contributed by atoms with Crippen molar-refractivity contribution in [1.82, 2.24) is 4.90 Å². The van der Waals surface area contributed by atoms with Gasteiger partial charge >= 0.3 is 0 Å². The van der Waals surface area contributed by atoms with Crippen LogP contribution in [0, 0.1) is 5.92 Å². The van der Waals surface area contributed by atoms with Crippen molar-refractivity contribution in [2.24, 2.45) is 5.92 Å². The predicted octanol–water partition coefficient (Wildman–Crippen LogP) is 5.24. The third-order valence-electron chi connectivity index (χ3n) is 7.23. The molecule has 35 heavy (non-hydrogen) atoms. The smallest absolute Gasteiger partial charge is 0.261 e. The Kier molecular flexibility index (Phi) is 7.79. The molecule has 2 fully saturated rings. The van der Waals surface area contributed by atoms with Crippen molar-refractivity contribution in [3.8, 4) is 23.0 Å². The van der Waals surface area contributed by atoms with E-state index in [1.807, 2.05) is 42.5 Å². The van der Waals surface area contributed by atoms with Gasteiger partial charge in [0, 0.05) is 36.8 Å². The maximum atomic E-state index is 6.31. The molecule has 3 atom stereocenters. The van der Waals surface area contributed by atoms with E-state index in [1.54, 1.807) is 7.11 Å². The maximum Gasteiger partial charge on any atom is 0.261 e. The van der Waals surface area contributed by atoms with Crippen LogP contribution in [0.5, 0.6) is 23.0 Å². The van der Waals surface area contributed by atoms with Gasteiger partial charge in [-0.2, -0.15) is 0 Å². The molecular formula is C27H34N2O5S. The summed E-state index contributed by atoms with van der Waals surface area (Å²) in [5.74, 6) is 3.71. The van der Waals surface area contributed by atoms with Crippen molar-refractivity contribution in [3.63, 3.8) is 0 Å². The third kappa shape index (κ3) is 5.93. The van der Waals surface area contributed by atoms with Crippen LogP contribution in [-0.4, -0.2) is 55.8 Å². The van der Waals surface area contributed by atoms with Gasteiger partial charge < -0.3 is 29.0 Å². The van der Waals surface area contributed by atoms with Crippen LogP contribution in [0.4, 0.5) is 5.69 Å². The minimum Gasteiger partial charge on any atom is -0.497 e. The monoisotopic (exact) mass is 498 g/mol. The summed E-state index contributed by atoms with van der Waals surface area (Å²) in [6, 6.07) is 14.0. The molecule has 0 bridgehead atoms. The van der Waals surface area contributed by atoms with E-state index in [0.717, 1.165) is 54.6 Å². The lowest BCUT2D eigenvalue weighted by molar-refractivity contribution is -0.0288. The van der Waals surface area contributed by atoms with Crippen molar-refractivity contribution >= 4 is 23.1 Å². The van der Waals surface area contributed by atoms with Crippen LogP contribution in [-0.2, 0) is 4.74 Å². The summed E-state index contributed by atoms with van der Waals surface area (Å²) < 4.78 is 28.3. The second-order valence-electron chi connectivity index (χ2n) is 9.35. The molecule has 1 unspecified atom stereocenters. The van der Waals surface area contributed by atoms with Crippen molar-refractivity contribution in [1.29, 1.82) is 0 Å². The maximum absolute atomic E-state index is 6.31. The van der Waals surface area contributed by atoms with Gasteiger partial charge in [-0.3, -0.25) is 4.90 Å². The summed E-state index contributed by atoms with van der Waals surface area (Å²) in [5, 5.41) is 3.68. The summed E-state index contributed by atoms with van der Waals surface area (Å²) in [7, 11) is 1.66. The van der Waals surface area contributed by atoms with E-state index in [4.69, 9.17) is 35.9 Å².